The van der Waals surface area contributed by atoms with Crippen LogP contribution in [-0.4, -0.2) is 23.1 Å². The van der Waals surface area contributed by atoms with E-state index in [1.165, 1.54) is 11.1 Å². The van der Waals surface area contributed by atoms with Crippen molar-refractivity contribution in [3.05, 3.63) is 35.4 Å². The van der Waals surface area contributed by atoms with Crippen LogP contribution in [0, 0.1) is 0 Å². The molecule has 2 nitrogen and oxygen atoms in total. The molecule has 1 aromatic carbocycles. The third-order valence-electron chi connectivity index (χ3n) is 3.91. The van der Waals surface area contributed by atoms with Crippen LogP contribution >= 0.6 is 0 Å². The Morgan fingerprint density at radius 2 is 1.94 bits per heavy atom. The molecule has 2 heterocycles. The summed E-state index contributed by atoms with van der Waals surface area (Å²) in [5, 5.41) is 3.37. The van der Waals surface area contributed by atoms with Crippen LogP contribution in [0.25, 0.3) is 0 Å². The summed E-state index contributed by atoms with van der Waals surface area (Å²) in [5.41, 5.74) is 2.78. The average Bonchev–Trinajstić information content (AvgIpc) is 2.36. The average molecular weight is 235 g/mol. The molecule has 2 aliphatic rings. The second kappa shape index (κ2) is 3.97. The molecule has 86 valence electrons. The molecule has 0 bridgehead atoms. The number of rotatable bonds is 0. The molecule has 2 aliphatic heterocycles. The standard InChI is InChI=1S/C13H17NOS/c15-16-10-5-11-3-1-2-4-12(11)13(16)6-8-14-9-7-13/h1-4,14H,5-10H2. The van der Waals surface area contributed by atoms with Crippen molar-refractivity contribution < 1.29 is 4.21 Å². The van der Waals surface area contributed by atoms with Gasteiger partial charge in [-0.25, -0.2) is 0 Å². The third kappa shape index (κ3) is 1.45. The van der Waals surface area contributed by atoms with Crippen LogP contribution in [0.5, 0.6) is 0 Å². The lowest BCUT2D eigenvalue weighted by molar-refractivity contribution is 0.406. The Kier molecular flexibility index (Phi) is 2.60. The van der Waals surface area contributed by atoms with Crippen LogP contribution in [0.4, 0.5) is 0 Å². The second-order valence-corrected chi connectivity index (χ2v) is 6.58. The molecule has 0 radical (unpaired) electrons. The van der Waals surface area contributed by atoms with Gasteiger partial charge in [-0.2, -0.15) is 0 Å². The molecular weight excluding hydrogens is 218 g/mol. The molecule has 16 heavy (non-hydrogen) atoms. The summed E-state index contributed by atoms with van der Waals surface area (Å²) < 4.78 is 12.4. The van der Waals surface area contributed by atoms with Gasteiger partial charge in [0.25, 0.3) is 0 Å². The van der Waals surface area contributed by atoms with Gasteiger partial charge in [-0.15, -0.1) is 0 Å². The summed E-state index contributed by atoms with van der Waals surface area (Å²) in [7, 11) is -0.687. The van der Waals surface area contributed by atoms with Crippen molar-refractivity contribution in [2.45, 2.75) is 24.0 Å². The van der Waals surface area contributed by atoms with E-state index in [9.17, 15) is 4.21 Å². The number of benzene rings is 1. The highest BCUT2D eigenvalue weighted by atomic mass is 32.2. The fraction of sp³-hybridized carbons (Fsp3) is 0.538. The molecule has 0 amide bonds. The van der Waals surface area contributed by atoms with Gasteiger partial charge < -0.3 is 5.32 Å². The minimum absolute atomic E-state index is 0.0416. The molecule has 1 spiro atoms. The molecule has 3 heteroatoms. The van der Waals surface area contributed by atoms with E-state index >= 15 is 0 Å². The zero-order valence-electron chi connectivity index (χ0n) is 9.37. The van der Waals surface area contributed by atoms with Crippen LogP contribution in [0.1, 0.15) is 24.0 Å². The van der Waals surface area contributed by atoms with Crippen molar-refractivity contribution in [2.75, 3.05) is 18.8 Å². The number of nitrogens with one attached hydrogen (secondary N) is 1. The first-order valence-corrected chi connectivity index (χ1v) is 7.32. The smallest absolute Gasteiger partial charge is 0.0733 e. The van der Waals surface area contributed by atoms with Crippen LogP contribution < -0.4 is 5.32 Å². The van der Waals surface area contributed by atoms with E-state index in [0.29, 0.717) is 0 Å². The summed E-state index contributed by atoms with van der Waals surface area (Å²) in [6.07, 6.45) is 3.03. The summed E-state index contributed by atoms with van der Waals surface area (Å²) in [5.74, 6) is 0.844. The van der Waals surface area contributed by atoms with Gasteiger partial charge in [0.2, 0.25) is 0 Å². The minimum atomic E-state index is -0.687. The van der Waals surface area contributed by atoms with Crippen molar-refractivity contribution in [1.82, 2.24) is 5.32 Å². The highest BCUT2D eigenvalue weighted by Crippen LogP contribution is 2.42. The Morgan fingerprint density at radius 1 is 1.19 bits per heavy atom. The third-order valence-corrected chi connectivity index (χ3v) is 5.99. The fourth-order valence-corrected chi connectivity index (χ4v) is 4.93. The van der Waals surface area contributed by atoms with Crippen molar-refractivity contribution in [2.24, 2.45) is 0 Å². The molecule has 1 N–H and O–H groups in total. The predicted octanol–water partition coefficient (Wildman–Crippen LogP) is 1.57. The van der Waals surface area contributed by atoms with E-state index in [-0.39, 0.29) is 4.75 Å². The monoisotopic (exact) mass is 235 g/mol. The summed E-state index contributed by atoms with van der Waals surface area (Å²) in [4.78, 5) is 0. The van der Waals surface area contributed by atoms with Crippen LogP contribution in [-0.2, 0) is 22.0 Å². The zero-order chi connectivity index (χ0) is 11.0. The van der Waals surface area contributed by atoms with E-state index in [2.05, 4.69) is 29.6 Å². The van der Waals surface area contributed by atoms with Crippen LogP contribution in [0.3, 0.4) is 0 Å². The number of aryl methyl sites for hydroxylation is 1. The Bertz CT molecular complexity index is 424. The van der Waals surface area contributed by atoms with Crippen molar-refractivity contribution in [3.63, 3.8) is 0 Å². The lowest BCUT2D eigenvalue weighted by Crippen LogP contribution is -2.46. The zero-order valence-corrected chi connectivity index (χ0v) is 10.2. The van der Waals surface area contributed by atoms with Crippen molar-refractivity contribution in [1.29, 1.82) is 0 Å². The van der Waals surface area contributed by atoms with Crippen LogP contribution in [0.15, 0.2) is 24.3 Å². The lowest BCUT2D eigenvalue weighted by atomic mass is 9.85. The van der Waals surface area contributed by atoms with Gasteiger partial charge in [-0.3, -0.25) is 4.21 Å². The molecule has 0 aliphatic carbocycles. The molecule has 3 rings (SSSR count). The fourth-order valence-electron chi connectivity index (χ4n) is 3.03. The lowest BCUT2D eigenvalue weighted by Gasteiger charge is -2.41. The maximum Gasteiger partial charge on any atom is 0.0733 e. The Labute approximate surface area is 98.9 Å². The van der Waals surface area contributed by atoms with E-state index in [1.807, 2.05) is 0 Å². The number of hydrogen-bond donors (Lipinski definition) is 1. The van der Waals surface area contributed by atoms with E-state index in [4.69, 9.17) is 0 Å². The number of hydrogen-bond acceptors (Lipinski definition) is 2. The molecule has 1 saturated heterocycles. The summed E-state index contributed by atoms with van der Waals surface area (Å²) in [6.45, 7) is 2.00. The highest BCUT2D eigenvalue weighted by Gasteiger charge is 2.43. The van der Waals surface area contributed by atoms with E-state index < -0.39 is 10.8 Å². The largest absolute Gasteiger partial charge is 0.317 e. The van der Waals surface area contributed by atoms with Crippen LogP contribution in [0.2, 0.25) is 0 Å². The number of fused-ring (bicyclic) bond motifs is 2. The van der Waals surface area contributed by atoms with Crippen molar-refractivity contribution >= 4 is 10.8 Å². The quantitative estimate of drug-likeness (QED) is 0.739. The first kappa shape index (κ1) is 10.5. The maximum atomic E-state index is 12.4. The van der Waals surface area contributed by atoms with Gasteiger partial charge in [0.05, 0.1) is 4.75 Å². The molecule has 1 atom stereocenters. The van der Waals surface area contributed by atoms with Gasteiger partial charge in [-0.05, 0) is 43.5 Å². The second-order valence-electron chi connectivity index (χ2n) is 4.70. The molecule has 1 fully saturated rings. The minimum Gasteiger partial charge on any atom is -0.317 e. The molecule has 0 saturated carbocycles. The Balaban J connectivity index is 2.12. The highest BCUT2D eigenvalue weighted by molar-refractivity contribution is 7.86. The van der Waals surface area contributed by atoms with E-state index in [0.717, 1.165) is 38.1 Å². The van der Waals surface area contributed by atoms with Gasteiger partial charge in [0, 0.05) is 16.6 Å². The topological polar surface area (TPSA) is 29.1 Å². The Hall–Kier alpha value is -0.670. The molecular formula is C13H17NOS. The molecule has 1 unspecified atom stereocenters. The summed E-state index contributed by atoms with van der Waals surface area (Å²) in [6, 6.07) is 8.58. The Morgan fingerprint density at radius 3 is 2.75 bits per heavy atom. The van der Waals surface area contributed by atoms with E-state index in [1.54, 1.807) is 0 Å². The normalized spacial score (nSPS) is 27.6. The molecule has 0 aromatic heterocycles. The van der Waals surface area contributed by atoms with Gasteiger partial charge in [-0.1, -0.05) is 24.3 Å². The van der Waals surface area contributed by atoms with Gasteiger partial charge in [0.1, 0.15) is 0 Å². The first-order chi connectivity index (χ1) is 7.83. The predicted molar refractivity (Wildman–Crippen MR) is 66.9 cm³/mol. The van der Waals surface area contributed by atoms with Crippen molar-refractivity contribution in [3.8, 4) is 0 Å². The number of piperidine rings is 1. The first-order valence-electron chi connectivity index (χ1n) is 6.00. The summed E-state index contributed by atoms with van der Waals surface area (Å²) >= 11 is 0. The van der Waals surface area contributed by atoms with Gasteiger partial charge in [0.15, 0.2) is 0 Å². The SMILES string of the molecule is O=S1CCc2ccccc2C12CCNCC2. The van der Waals surface area contributed by atoms with Gasteiger partial charge >= 0.3 is 0 Å². The maximum absolute atomic E-state index is 12.4. The molecule has 1 aromatic rings.